The highest BCUT2D eigenvalue weighted by Crippen LogP contribution is 2.32. The standard InChI is InChI=1S/C24H28N6O2/c1-29-20-15-26-22(13-19(20)30(24(29)31)17-5-2-3-6-17)27-21-7-4-8-23(28-21)32-18-11-9-16(14-25)10-12-18/h4,7-8,13,15-18H,2-3,5-6,9-12H2,1H3,(H,26,27,28). The molecule has 3 heterocycles. The lowest BCUT2D eigenvalue weighted by Crippen LogP contribution is -2.24. The van der Waals surface area contributed by atoms with Crippen molar-refractivity contribution in [2.75, 3.05) is 5.32 Å². The van der Waals surface area contributed by atoms with Gasteiger partial charge in [-0.15, -0.1) is 0 Å². The molecule has 1 N–H and O–H groups in total. The van der Waals surface area contributed by atoms with E-state index in [1.54, 1.807) is 17.8 Å². The summed E-state index contributed by atoms with van der Waals surface area (Å²) in [6, 6.07) is 10.2. The smallest absolute Gasteiger partial charge is 0.329 e. The van der Waals surface area contributed by atoms with Crippen molar-refractivity contribution in [3.8, 4) is 11.9 Å². The predicted molar refractivity (Wildman–Crippen MR) is 122 cm³/mol. The van der Waals surface area contributed by atoms with Crippen molar-refractivity contribution in [1.82, 2.24) is 19.1 Å². The van der Waals surface area contributed by atoms with E-state index in [0.29, 0.717) is 17.5 Å². The number of nitrogens with zero attached hydrogens (tertiary/aromatic N) is 5. The van der Waals surface area contributed by atoms with Crippen LogP contribution in [-0.4, -0.2) is 25.2 Å². The first-order valence-corrected chi connectivity index (χ1v) is 11.5. The Balaban J connectivity index is 1.36. The van der Waals surface area contributed by atoms with Gasteiger partial charge in [0.1, 0.15) is 17.7 Å². The SMILES string of the molecule is Cn1c(=O)n(C2CCCC2)c2cc(Nc3cccc(OC4CCC(C#N)CC4)n3)ncc21. The molecule has 0 spiro atoms. The van der Waals surface area contributed by atoms with Crippen LogP contribution in [0.1, 0.15) is 57.4 Å². The minimum absolute atomic E-state index is 0.0190. The maximum Gasteiger partial charge on any atom is 0.329 e. The minimum Gasteiger partial charge on any atom is -0.474 e. The molecule has 3 aromatic rings. The summed E-state index contributed by atoms with van der Waals surface area (Å²) in [4.78, 5) is 22.0. The Hall–Kier alpha value is -3.34. The van der Waals surface area contributed by atoms with E-state index < -0.39 is 0 Å². The van der Waals surface area contributed by atoms with Crippen molar-refractivity contribution in [1.29, 1.82) is 5.26 Å². The molecule has 3 aromatic heterocycles. The zero-order valence-corrected chi connectivity index (χ0v) is 18.3. The lowest BCUT2D eigenvalue weighted by molar-refractivity contribution is 0.137. The van der Waals surface area contributed by atoms with E-state index in [4.69, 9.17) is 10.00 Å². The number of ether oxygens (including phenoxy) is 1. The molecular formula is C24H28N6O2. The van der Waals surface area contributed by atoms with Crippen LogP contribution >= 0.6 is 0 Å². The van der Waals surface area contributed by atoms with Crippen molar-refractivity contribution in [3.63, 3.8) is 0 Å². The average Bonchev–Trinajstić information content (AvgIpc) is 3.41. The van der Waals surface area contributed by atoms with Crippen LogP contribution in [0, 0.1) is 17.2 Å². The normalized spacial score (nSPS) is 21.5. The largest absolute Gasteiger partial charge is 0.474 e. The monoisotopic (exact) mass is 432 g/mol. The number of hydrogen-bond acceptors (Lipinski definition) is 6. The maximum atomic E-state index is 12.8. The Morgan fingerprint density at radius 1 is 1.09 bits per heavy atom. The first-order chi connectivity index (χ1) is 15.6. The summed E-state index contributed by atoms with van der Waals surface area (Å²) in [7, 11) is 1.80. The second kappa shape index (κ2) is 8.65. The number of aryl methyl sites for hydroxylation is 1. The lowest BCUT2D eigenvalue weighted by Gasteiger charge is -2.25. The van der Waals surface area contributed by atoms with E-state index in [0.717, 1.165) is 49.6 Å². The van der Waals surface area contributed by atoms with Crippen molar-refractivity contribution >= 4 is 22.7 Å². The van der Waals surface area contributed by atoms with E-state index in [9.17, 15) is 4.79 Å². The van der Waals surface area contributed by atoms with Crippen molar-refractivity contribution < 1.29 is 4.74 Å². The molecule has 8 heteroatoms. The number of pyridine rings is 2. The van der Waals surface area contributed by atoms with Crippen LogP contribution in [0.2, 0.25) is 0 Å². The number of hydrogen-bond donors (Lipinski definition) is 1. The van der Waals surface area contributed by atoms with Crippen LogP contribution < -0.4 is 15.7 Å². The molecule has 0 aromatic carbocycles. The molecule has 0 radical (unpaired) electrons. The molecule has 8 nitrogen and oxygen atoms in total. The van der Waals surface area contributed by atoms with Crippen LogP contribution in [0.25, 0.3) is 11.0 Å². The Kier molecular flexibility index (Phi) is 5.56. The fraction of sp³-hybridized carbons (Fsp3) is 0.500. The summed E-state index contributed by atoms with van der Waals surface area (Å²) < 4.78 is 9.68. The quantitative estimate of drug-likeness (QED) is 0.640. The molecule has 2 aliphatic rings. The Morgan fingerprint density at radius 3 is 2.62 bits per heavy atom. The molecule has 32 heavy (non-hydrogen) atoms. The van der Waals surface area contributed by atoms with E-state index in [1.165, 1.54) is 12.8 Å². The summed E-state index contributed by atoms with van der Waals surface area (Å²) in [5.74, 6) is 2.01. The Bertz CT molecular complexity index is 1210. The minimum atomic E-state index is 0.0190. The first-order valence-electron chi connectivity index (χ1n) is 11.5. The van der Waals surface area contributed by atoms with Gasteiger partial charge in [0.05, 0.1) is 23.3 Å². The zero-order chi connectivity index (χ0) is 22.1. The number of fused-ring (bicyclic) bond motifs is 1. The van der Waals surface area contributed by atoms with Gasteiger partial charge in [-0.05, 0) is 44.6 Å². The molecule has 2 saturated carbocycles. The van der Waals surface area contributed by atoms with Crippen molar-refractivity contribution in [3.05, 3.63) is 40.9 Å². The zero-order valence-electron chi connectivity index (χ0n) is 18.3. The van der Waals surface area contributed by atoms with Crippen molar-refractivity contribution in [2.45, 2.75) is 63.5 Å². The van der Waals surface area contributed by atoms with Crippen LogP contribution in [-0.2, 0) is 7.05 Å². The summed E-state index contributed by atoms with van der Waals surface area (Å²) in [6.45, 7) is 0. The molecule has 166 valence electrons. The fourth-order valence-corrected chi connectivity index (χ4v) is 5.00. The highest BCUT2D eigenvalue weighted by atomic mass is 16.5. The lowest BCUT2D eigenvalue weighted by atomic mass is 9.88. The van der Waals surface area contributed by atoms with Gasteiger partial charge in [0.25, 0.3) is 0 Å². The summed E-state index contributed by atoms with van der Waals surface area (Å²) in [6.07, 6.45) is 9.77. The Labute approximate surface area is 186 Å². The number of anilines is 2. The molecule has 0 saturated heterocycles. The first kappa shape index (κ1) is 20.6. The summed E-state index contributed by atoms with van der Waals surface area (Å²) in [5, 5.41) is 12.3. The third kappa shape index (κ3) is 3.95. The number of imidazole rings is 1. The third-order valence-electron chi connectivity index (χ3n) is 6.79. The molecular weight excluding hydrogens is 404 g/mol. The van der Waals surface area contributed by atoms with Gasteiger partial charge < -0.3 is 10.1 Å². The molecule has 0 bridgehead atoms. The molecule has 0 atom stereocenters. The maximum absolute atomic E-state index is 12.8. The molecule has 2 fully saturated rings. The van der Waals surface area contributed by atoms with E-state index in [2.05, 4.69) is 21.4 Å². The second-order valence-electron chi connectivity index (χ2n) is 8.91. The average molecular weight is 433 g/mol. The molecule has 5 rings (SSSR count). The van der Waals surface area contributed by atoms with Gasteiger partial charge in [-0.2, -0.15) is 10.2 Å². The van der Waals surface area contributed by atoms with Gasteiger partial charge in [0.2, 0.25) is 5.88 Å². The van der Waals surface area contributed by atoms with Gasteiger partial charge in [-0.3, -0.25) is 9.13 Å². The van der Waals surface area contributed by atoms with Gasteiger partial charge in [0.15, 0.2) is 0 Å². The van der Waals surface area contributed by atoms with E-state index >= 15 is 0 Å². The molecule has 0 unspecified atom stereocenters. The van der Waals surface area contributed by atoms with Gasteiger partial charge >= 0.3 is 5.69 Å². The Morgan fingerprint density at radius 2 is 1.88 bits per heavy atom. The predicted octanol–water partition coefficient (Wildman–Crippen LogP) is 4.45. The van der Waals surface area contributed by atoms with Gasteiger partial charge in [0, 0.05) is 31.1 Å². The van der Waals surface area contributed by atoms with E-state index in [1.807, 2.05) is 28.8 Å². The number of nitriles is 1. The van der Waals surface area contributed by atoms with Gasteiger partial charge in [-0.1, -0.05) is 18.9 Å². The van der Waals surface area contributed by atoms with Crippen molar-refractivity contribution in [2.24, 2.45) is 13.0 Å². The molecule has 0 aliphatic heterocycles. The van der Waals surface area contributed by atoms with Crippen LogP contribution in [0.15, 0.2) is 35.3 Å². The van der Waals surface area contributed by atoms with Crippen LogP contribution in [0.4, 0.5) is 11.6 Å². The highest BCUT2D eigenvalue weighted by Gasteiger charge is 2.24. The summed E-state index contributed by atoms with van der Waals surface area (Å²) >= 11 is 0. The topological polar surface area (TPSA) is 97.8 Å². The van der Waals surface area contributed by atoms with Crippen LogP contribution in [0.3, 0.4) is 0 Å². The fourth-order valence-electron chi connectivity index (χ4n) is 5.00. The van der Waals surface area contributed by atoms with Crippen LogP contribution in [0.5, 0.6) is 5.88 Å². The second-order valence-corrected chi connectivity index (χ2v) is 8.91. The highest BCUT2D eigenvalue weighted by molar-refractivity contribution is 5.79. The molecule has 0 amide bonds. The number of aromatic nitrogens is 4. The van der Waals surface area contributed by atoms with E-state index in [-0.39, 0.29) is 23.8 Å². The summed E-state index contributed by atoms with van der Waals surface area (Å²) in [5.41, 5.74) is 1.76. The number of nitrogens with one attached hydrogen (secondary N) is 1. The van der Waals surface area contributed by atoms with Gasteiger partial charge in [-0.25, -0.2) is 9.78 Å². The molecule has 2 aliphatic carbocycles. The third-order valence-corrected chi connectivity index (χ3v) is 6.79. The number of rotatable bonds is 5.